The number of carbonyl (C=O) groups is 1. The first-order valence-corrected chi connectivity index (χ1v) is 17.7. The normalized spacial score (nSPS) is 11.3. The van der Waals surface area contributed by atoms with E-state index in [1.807, 2.05) is 58.2 Å². The van der Waals surface area contributed by atoms with Gasteiger partial charge in [0.15, 0.2) is 5.76 Å². The van der Waals surface area contributed by atoms with Gasteiger partial charge in [-0.25, -0.2) is 4.79 Å². The van der Waals surface area contributed by atoms with Crippen LogP contribution in [0.5, 0.6) is 0 Å². The van der Waals surface area contributed by atoms with Crippen molar-refractivity contribution in [3.8, 4) is 22.5 Å². The summed E-state index contributed by atoms with van der Waals surface area (Å²) in [7, 11) is 0. The fourth-order valence-corrected chi connectivity index (χ4v) is 8.79. The van der Waals surface area contributed by atoms with Crippen LogP contribution in [0.3, 0.4) is 0 Å². The van der Waals surface area contributed by atoms with Gasteiger partial charge in [0.25, 0.3) is 0 Å². The van der Waals surface area contributed by atoms with Crippen LogP contribution in [0.15, 0.2) is 21.3 Å². The molecule has 0 unspecified atom stereocenters. The molecule has 0 saturated heterocycles. The standard InChI is InChI=1S/C21H6Cl4I4O4.C6H15N/c1-4-7(26)2-5-9(10-11(21(31)32)13(23)15(25)14(24)12(10)22)6-3-8(27)18(30)17(29)20(6)33-19(5)16(4)28;1-4-7(5-2)6-3/h2-3H,1H3,(H,31,32);4-6H2,1-3H3/p+1. The topological polar surface area (TPSA) is 72.0 Å². The van der Waals surface area contributed by atoms with Crippen LogP contribution >= 0.6 is 137 Å². The van der Waals surface area contributed by atoms with E-state index >= 15 is 0 Å². The van der Waals surface area contributed by atoms with Gasteiger partial charge in [0.05, 0.1) is 52.4 Å². The zero-order valence-electron chi connectivity index (χ0n) is 21.5. The molecule has 2 aromatic rings. The maximum Gasteiger partial charge on any atom is 0.337 e. The van der Waals surface area contributed by atoms with Gasteiger partial charge in [0.1, 0.15) is 9.15 Å². The number of aromatic carboxylic acids is 1. The Balaban J connectivity index is 0.000000559. The van der Waals surface area contributed by atoms with E-state index in [0.29, 0.717) is 35.0 Å². The highest BCUT2D eigenvalue weighted by Crippen LogP contribution is 2.52. The summed E-state index contributed by atoms with van der Waals surface area (Å²) in [5.41, 5.74) is 2.06. The highest BCUT2D eigenvalue weighted by atomic mass is 127. The lowest BCUT2D eigenvalue weighted by Gasteiger charge is -2.22. The van der Waals surface area contributed by atoms with Crippen LogP contribution in [0.2, 0.25) is 20.1 Å². The molecular weight excluding hydrogens is 1050 g/mol. The fraction of sp³-hybridized carbons (Fsp3) is 0.259. The van der Waals surface area contributed by atoms with E-state index in [9.17, 15) is 14.7 Å². The number of halogens is 8. The average Bonchev–Trinajstić information content (AvgIpc) is 2.92. The molecule has 0 saturated carbocycles. The molecule has 0 spiro atoms. The van der Waals surface area contributed by atoms with E-state index in [-0.39, 0.29) is 36.6 Å². The van der Waals surface area contributed by atoms with Crippen LogP contribution in [0.4, 0.5) is 0 Å². The summed E-state index contributed by atoms with van der Waals surface area (Å²) in [6.45, 7) is 12.4. The van der Waals surface area contributed by atoms with Gasteiger partial charge in [-0.3, -0.25) is 4.79 Å². The molecular formula is C27H22Cl4I4NO4+. The number of hydrogen-bond donors (Lipinski definition) is 2. The van der Waals surface area contributed by atoms with E-state index in [1.54, 1.807) is 11.0 Å². The Morgan fingerprint density at radius 2 is 1.40 bits per heavy atom. The van der Waals surface area contributed by atoms with E-state index in [4.69, 9.17) is 50.8 Å². The number of nitrogens with one attached hydrogen (secondary N) is 1. The van der Waals surface area contributed by atoms with Gasteiger partial charge in [0.2, 0.25) is 5.43 Å². The average molecular weight is 1070 g/mol. The van der Waals surface area contributed by atoms with Gasteiger partial charge < -0.3 is 14.4 Å². The first kappa shape index (κ1) is 35.1. The number of carboxylic acids is 1. The SMILES string of the molecule is CC[NH+](CC)CC.Cc1c(I)cc2c(-c3c(Cl)c(Cl)c(Cl)c(Cl)c3C(=O)O)c3cc(I)c(=O)c(I)c-3oc2c1I. The smallest absolute Gasteiger partial charge is 0.337 e. The number of quaternary nitrogens is 1. The molecule has 1 aliphatic heterocycles. The second-order valence-electron chi connectivity index (χ2n) is 8.65. The summed E-state index contributed by atoms with van der Waals surface area (Å²) >= 11 is 33.8. The van der Waals surface area contributed by atoms with Crippen LogP contribution in [0.1, 0.15) is 36.7 Å². The minimum atomic E-state index is -1.32. The van der Waals surface area contributed by atoms with Crippen molar-refractivity contribution in [1.82, 2.24) is 0 Å². The van der Waals surface area contributed by atoms with Crippen LogP contribution in [0.25, 0.3) is 33.4 Å². The van der Waals surface area contributed by atoms with Gasteiger partial charge in [-0.15, -0.1) is 0 Å². The lowest BCUT2D eigenvalue weighted by molar-refractivity contribution is -0.894. The monoisotopic (exact) mass is 1070 g/mol. The highest BCUT2D eigenvalue weighted by Gasteiger charge is 2.32. The van der Waals surface area contributed by atoms with Crippen molar-refractivity contribution in [3.05, 3.63) is 67.9 Å². The van der Waals surface area contributed by atoms with Gasteiger partial charge >= 0.3 is 5.97 Å². The third-order valence-corrected chi connectivity index (χ3v) is 12.5. The van der Waals surface area contributed by atoms with Crippen molar-refractivity contribution in [2.24, 2.45) is 0 Å². The van der Waals surface area contributed by atoms with E-state index in [0.717, 1.165) is 12.7 Å². The fourth-order valence-electron chi connectivity index (χ4n) is 4.18. The quantitative estimate of drug-likeness (QED) is 0.0905. The summed E-state index contributed by atoms with van der Waals surface area (Å²) in [5.74, 6) is -1.00. The Hall–Kier alpha value is 0.640. The molecule has 0 fully saturated rings. The Kier molecular flexibility index (Phi) is 12.8. The van der Waals surface area contributed by atoms with Crippen molar-refractivity contribution in [3.63, 3.8) is 0 Å². The molecule has 2 aliphatic rings. The number of carboxylic acid groups (broad SMARTS) is 1. The van der Waals surface area contributed by atoms with Crippen LogP contribution in [-0.4, -0.2) is 30.7 Å². The molecule has 5 nitrogen and oxygen atoms in total. The molecule has 1 heterocycles. The molecule has 1 aliphatic carbocycles. The third-order valence-electron chi connectivity index (χ3n) is 6.51. The lowest BCUT2D eigenvalue weighted by Crippen LogP contribution is -3.11. The predicted molar refractivity (Wildman–Crippen MR) is 200 cm³/mol. The van der Waals surface area contributed by atoms with Crippen LogP contribution < -0.4 is 10.3 Å². The van der Waals surface area contributed by atoms with Crippen molar-refractivity contribution < 1.29 is 19.2 Å². The maximum absolute atomic E-state index is 12.7. The van der Waals surface area contributed by atoms with Crippen LogP contribution in [0, 0.1) is 21.2 Å². The van der Waals surface area contributed by atoms with Crippen molar-refractivity contribution in [2.75, 3.05) is 19.6 Å². The Morgan fingerprint density at radius 1 is 0.850 bits per heavy atom. The summed E-state index contributed by atoms with van der Waals surface area (Å²) in [6, 6.07) is 3.53. The summed E-state index contributed by atoms with van der Waals surface area (Å²) in [4.78, 5) is 26.7. The largest absolute Gasteiger partial charge is 0.478 e. The molecule has 2 N–H and O–H groups in total. The summed E-state index contributed by atoms with van der Waals surface area (Å²) in [6.07, 6.45) is 0. The van der Waals surface area contributed by atoms with Crippen molar-refractivity contribution >= 4 is 154 Å². The maximum atomic E-state index is 12.7. The van der Waals surface area contributed by atoms with Gasteiger partial charge in [0, 0.05) is 25.6 Å². The molecule has 4 rings (SSSR count). The zero-order chi connectivity index (χ0) is 30.2. The molecule has 0 bridgehead atoms. The zero-order valence-corrected chi connectivity index (χ0v) is 33.1. The van der Waals surface area contributed by atoms with E-state index in [1.165, 1.54) is 19.6 Å². The van der Waals surface area contributed by atoms with E-state index < -0.39 is 5.97 Å². The molecule has 0 amide bonds. The van der Waals surface area contributed by atoms with E-state index in [2.05, 4.69) is 66.0 Å². The summed E-state index contributed by atoms with van der Waals surface area (Å²) < 4.78 is 8.82. The van der Waals surface area contributed by atoms with Gasteiger partial charge in [-0.2, -0.15) is 0 Å². The number of fused-ring (bicyclic) bond motifs is 2. The number of rotatable bonds is 5. The minimum Gasteiger partial charge on any atom is -0.478 e. The predicted octanol–water partition coefficient (Wildman–Crippen LogP) is 9.53. The first-order chi connectivity index (χ1) is 18.7. The minimum absolute atomic E-state index is 0.0564. The first-order valence-electron chi connectivity index (χ1n) is 11.9. The Bertz CT molecular complexity index is 1670. The molecule has 0 aromatic heterocycles. The third kappa shape index (κ3) is 6.66. The molecule has 13 heteroatoms. The van der Waals surface area contributed by atoms with Crippen molar-refractivity contribution in [2.45, 2.75) is 27.7 Å². The molecule has 0 atom stereocenters. The van der Waals surface area contributed by atoms with Crippen molar-refractivity contribution in [1.29, 1.82) is 0 Å². The van der Waals surface area contributed by atoms with Gasteiger partial charge in [-0.05, 0) is 136 Å². The molecule has 214 valence electrons. The highest BCUT2D eigenvalue weighted by molar-refractivity contribution is 14.1. The second-order valence-corrected chi connectivity index (χ2v) is 14.6. The van der Waals surface area contributed by atoms with Gasteiger partial charge in [-0.1, -0.05) is 46.4 Å². The Morgan fingerprint density at radius 3 is 1.90 bits per heavy atom. The Labute approximate surface area is 306 Å². The molecule has 40 heavy (non-hydrogen) atoms. The molecule has 0 radical (unpaired) electrons. The number of benzene rings is 3. The number of hydrogen-bond acceptors (Lipinski definition) is 3. The summed E-state index contributed by atoms with van der Waals surface area (Å²) in [5, 5.41) is 10.2. The van der Waals surface area contributed by atoms with Crippen LogP contribution in [-0.2, 0) is 0 Å². The lowest BCUT2D eigenvalue weighted by atomic mass is 9.90. The molecule has 2 aromatic carbocycles. The second kappa shape index (κ2) is 14.6.